The Bertz CT molecular complexity index is 738. The fraction of sp³-hybridized carbons (Fsp3) is 0.389. The van der Waals surface area contributed by atoms with Gasteiger partial charge in [0.2, 0.25) is 5.95 Å². The number of benzene rings is 1. The fourth-order valence-corrected chi connectivity index (χ4v) is 3.48. The molecule has 1 N–H and O–H groups in total. The van der Waals surface area contributed by atoms with E-state index in [4.69, 9.17) is 16.7 Å². The number of carbonyl (C=O) groups is 1. The monoisotopic (exact) mass is 360 g/mol. The summed E-state index contributed by atoms with van der Waals surface area (Å²) in [5.41, 5.74) is 2.24. The first-order valence-electron chi connectivity index (χ1n) is 8.23. The van der Waals surface area contributed by atoms with Crippen molar-refractivity contribution in [3.05, 3.63) is 52.8 Å². The van der Waals surface area contributed by atoms with Crippen LogP contribution in [-0.4, -0.2) is 52.6 Å². The van der Waals surface area contributed by atoms with Crippen LogP contribution >= 0.6 is 11.6 Å². The lowest BCUT2D eigenvalue weighted by molar-refractivity contribution is -0.135. The second-order valence-electron chi connectivity index (χ2n) is 6.38. The maximum Gasteiger partial charge on any atom is 0.323 e. The van der Waals surface area contributed by atoms with Gasteiger partial charge >= 0.3 is 5.97 Å². The average molecular weight is 361 g/mol. The molecule has 7 heteroatoms. The smallest absolute Gasteiger partial charge is 0.323 e. The molecule has 1 unspecified atom stereocenters. The minimum absolute atomic E-state index is 0.120. The molecule has 1 saturated heterocycles. The Balaban J connectivity index is 1.58. The average Bonchev–Trinajstić information content (AvgIpc) is 3.03. The van der Waals surface area contributed by atoms with Gasteiger partial charge in [-0.2, -0.15) is 0 Å². The Morgan fingerprint density at radius 3 is 2.76 bits per heavy atom. The first kappa shape index (κ1) is 17.6. The fourth-order valence-electron chi connectivity index (χ4n) is 3.19. The van der Waals surface area contributed by atoms with Crippen LogP contribution in [0.25, 0.3) is 0 Å². The van der Waals surface area contributed by atoms with Crippen molar-refractivity contribution in [2.24, 2.45) is 0 Å². The molecule has 0 aliphatic carbocycles. The van der Waals surface area contributed by atoms with Gasteiger partial charge < -0.3 is 10.0 Å². The van der Waals surface area contributed by atoms with Crippen LogP contribution in [0.15, 0.2) is 36.7 Å². The van der Waals surface area contributed by atoms with E-state index in [1.54, 1.807) is 19.4 Å². The number of aromatic nitrogens is 2. The minimum atomic E-state index is -0.905. The summed E-state index contributed by atoms with van der Waals surface area (Å²) in [5.74, 6) is -0.0324. The number of rotatable bonds is 6. The molecule has 1 fully saturated rings. The Labute approximate surface area is 152 Å². The number of anilines is 1. The highest BCUT2D eigenvalue weighted by Gasteiger charge is 2.25. The maximum atomic E-state index is 10.7. The molecular formula is C18H21ClN4O2. The molecule has 6 nitrogen and oxygen atoms in total. The van der Waals surface area contributed by atoms with Gasteiger partial charge in [-0.1, -0.05) is 29.8 Å². The molecule has 0 radical (unpaired) electrons. The van der Waals surface area contributed by atoms with E-state index in [0.717, 1.165) is 36.6 Å². The van der Waals surface area contributed by atoms with Gasteiger partial charge in [-0.15, -0.1) is 0 Å². The second-order valence-corrected chi connectivity index (χ2v) is 6.79. The number of hydrogen-bond donors (Lipinski definition) is 1. The van der Waals surface area contributed by atoms with Crippen LogP contribution in [0.5, 0.6) is 0 Å². The van der Waals surface area contributed by atoms with Gasteiger partial charge in [0.15, 0.2) is 0 Å². The third kappa shape index (κ3) is 4.46. The van der Waals surface area contributed by atoms with E-state index in [0.29, 0.717) is 11.9 Å². The highest BCUT2D eigenvalue weighted by molar-refractivity contribution is 6.31. The summed E-state index contributed by atoms with van der Waals surface area (Å²) in [6.07, 6.45) is 4.62. The normalized spacial score (nSPS) is 17.6. The zero-order valence-electron chi connectivity index (χ0n) is 14.1. The van der Waals surface area contributed by atoms with Crippen molar-refractivity contribution in [2.45, 2.75) is 18.9 Å². The lowest BCUT2D eigenvalue weighted by Gasteiger charge is -2.18. The molecule has 0 spiro atoms. The molecule has 0 saturated carbocycles. The number of hydrogen-bond acceptors (Lipinski definition) is 5. The Morgan fingerprint density at radius 1 is 1.36 bits per heavy atom. The molecule has 1 aliphatic heterocycles. The van der Waals surface area contributed by atoms with Crippen LogP contribution in [0.3, 0.4) is 0 Å². The predicted molar refractivity (Wildman–Crippen MR) is 97.0 cm³/mol. The van der Waals surface area contributed by atoms with Crippen molar-refractivity contribution in [3.63, 3.8) is 0 Å². The summed E-state index contributed by atoms with van der Waals surface area (Å²) in [6.45, 7) is 2.63. The molecule has 132 valence electrons. The first-order chi connectivity index (χ1) is 12.0. The quantitative estimate of drug-likeness (QED) is 0.854. The van der Waals surface area contributed by atoms with Crippen molar-refractivity contribution in [1.82, 2.24) is 14.9 Å². The summed E-state index contributed by atoms with van der Waals surface area (Å²) < 4.78 is 0. The summed E-state index contributed by atoms with van der Waals surface area (Å²) in [7, 11) is 1.66. The molecular weight excluding hydrogens is 340 g/mol. The van der Waals surface area contributed by atoms with E-state index in [-0.39, 0.29) is 6.54 Å². The van der Waals surface area contributed by atoms with E-state index >= 15 is 0 Å². The zero-order chi connectivity index (χ0) is 17.8. The predicted octanol–water partition coefficient (Wildman–Crippen LogP) is 2.64. The molecule has 25 heavy (non-hydrogen) atoms. The zero-order valence-corrected chi connectivity index (χ0v) is 14.9. The Kier molecular flexibility index (Phi) is 5.50. The van der Waals surface area contributed by atoms with Crippen LogP contribution in [0.1, 0.15) is 23.5 Å². The van der Waals surface area contributed by atoms with Gasteiger partial charge in [-0.25, -0.2) is 9.97 Å². The number of halogens is 1. The number of likely N-dealkylation sites (tertiary alicyclic amines) is 1. The summed E-state index contributed by atoms with van der Waals surface area (Å²) in [6, 6.07) is 8.04. The van der Waals surface area contributed by atoms with E-state index in [1.807, 2.05) is 18.2 Å². The van der Waals surface area contributed by atoms with Gasteiger partial charge in [0.25, 0.3) is 0 Å². The molecule has 3 rings (SSSR count). The molecule has 0 amide bonds. The van der Waals surface area contributed by atoms with E-state index in [2.05, 4.69) is 20.9 Å². The van der Waals surface area contributed by atoms with Gasteiger partial charge in [0, 0.05) is 43.1 Å². The SMILES string of the molecule is CN(CC(=O)O)c1ncc(CN2CCC(c3ccccc3Cl)C2)cn1. The van der Waals surface area contributed by atoms with E-state index < -0.39 is 5.97 Å². The lowest BCUT2D eigenvalue weighted by Crippen LogP contribution is -2.27. The van der Waals surface area contributed by atoms with Crippen molar-refractivity contribution < 1.29 is 9.90 Å². The van der Waals surface area contributed by atoms with Crippen molar-refractivity contribution in [3.8, 4) is 0 Å². The van der Waals surface area contributed by atoms with Crippen LogP contribution in [-0.2, 0) is 11.3 Å². The maximum absolute atomic E-state index is 10.7. The largest absolute Gasteiger partial charge is 0.480 e. The van der Waals surface area contributed by atoms with E-state index in [9.17, 15) is 4.79 Å². The Hall–Kier alpha value is -2.18. The van der Waals surface area contributed by atoms with Crippen molar-refractivity contribution in [2.75, 3.05) is 31.6 Å². The van der Waals surface area contributed by atoms with Crippen molar-refractivity contribution >= 4 is 23.5 Å². The number of likely N-dealkylation sites (N-methyl/N-ethyl adjacent to an activating group) is 1. The van der Waals surface area contributed by atoms with Crippen LogP contribution in [0.4, 0.5) is 5.95 Å². The van der Waals surface area contributed by atoms with Gasteiger partial charge in [0.05, 0.1) is 0 Å². The molecule has 1 aliphatic rings. The number of nitrogens with zero attached hydrogens (tertiary/aromatic N) is 4. The number of carboxylic acids is 1. The summed E-state index contributed by atoms with van der Waals surface area (Å²) >= 11 is 6.31. The minimum Gasteiger partial charge on any atom is -0.480 e. The highest BCUT2D eigenvalue weighted by Crippen LogP contribution is 2.32. The molecule has 2 heterocycles. The third-order valence-corrected chi connectivity index (χ3v) is 4.77. The Morgan fingerprint density at radius 2 is 2.08 bits per heavy atom. The lowest BCUT2D eigenvalue weighted by atomic mass is 9.98. The van der Waals surface area contributed by atoms with Gasteiger partial charge in [-0.05, 0) is 30.5 Å². The molecule has 1 atom stereocenters. The van der Waals surface area contributed by atoms with Crippen molar-refractivity contribution in [1.29, 1.82) is 0 Å². The van der Waals surface area contributed by atoms with Crippen LogP contribution in [0.2, 0.25) is 5.02 Å². The van der Waals surface area contributed by atoms with Gasteiger partial charge in [-0.3, -0.25) is 9.69 Å². The summed E-state index contributed by atoms with van der Waals surface area (Å²) in [4.78, 5) is 23.2. The van der Waals surface area contributed by atoms with Crippen LogP contribution in [0, 0.1) is 0 Å². The molecule has 0 bridgehead atoms. The third-order valence-electron chi connectivity index (χ3n) is 4.43. The molecule has 1 aromatic heterocycles. The molecule has 2 aromatic rings. The van der Waals surface area contributed by atoms with E-state index in [1.165, 1.54) is 10.5 Å². The topological polar surface area (TPSA) is 69.6 Å². The van der Waals surface area contributed by atoms with Crippen LogP contribution < -0.4 is 4.90 Å². The number of aliphatic carboxylic acids is 1. The summed E-state index contributed by atoms with van der Waals surface area (Å²) in [5, 5.41) is 9.65. The van der Waals surface area contributed by atoms with Gasteiger partial charge in [0.1, 0.15) is 6.54 Å². The second kappa shape index (κ2) is 7.80. The molecule has 1 aromatic carbocycles. The number of carboxylic acid groups (broad SMARTS) is 1. The first-order valence-corrected chi connectivity index (χ1v) is 8.61. The highest BCUT2D eigenvalue weighted by atomic mass is 35.5. The standard InChI is InChI=1S/C18H21ClN4O2/c1-22(12-17(24)25)18-20-8-13(9-21-18)10-23-7-6-14(11-23)15-4-2-3-5-16(15)19/h2-5,8-9,14H,6-7,10-12H2,1H3,(H,24,25).